The molecule has 5 N–H and O–H groups in total. The van der Waals surface area contributed by atoms with Crippen LogP contribution in [0.3, 0.4) is 0 Å². The van der Waals surface area contributed by atoms with Crippen LogP contribution in [0.5, 0.6) is 0 Å². The summed E-state index contributed by atoms with van der Waals surface area (Å²) in [5.41, 5.74) is 10.6. The minimum absolute atomic E-state index is 0.134. The van der Waals surface area contributed by atoms with Gasteiger partial charge in [-0.2, -0.15) is 0 Å². The summed E-state index contributed by atoms with van der Waals surface area (Å²) < 4.78 is 0. The van der Waals surface area contributed by atoms with Crippen molar-refractivity contribution in [2.45, 2.75) is 6.42 Å². The Balaban J connectivity index is 2.46. The van der Waals surface area contributed by atoms with Crippen LogP contribution in [0.15, 0.2) is 0 Å². The third kappa shape index (κ3) is 1.91. The summed E-state index contributed by atoms with van der Waals surface area (Å²) in [6, 6.07) is 0. The molecule has 0 radical (unpaired) electrons. The molecule has 2 atom stereocenters. The van der Waals surface area contributed by atoms with E-state index in [0.29, 0.717) is 12.5 Å². The number of primary amides is 1. The third-order valence-electron chi connectivity index (χ3n) is 2.29. The molecule has 0 bridgehead atoms. The Bertz CT molecular complexity index is 143. The van der Waals surface area contributed by atoms with Crippen LogP contribution in [0.25, 0.3) is 0 Å². The maximum Gasteiger partial charge on any atom is 0.222 e. The normalized spacial score (nSPS) is 26.8. The van der Waals surface area contributed by atoms with E-state index >= 15 is 0 Å². The third-order valence-corrected chi connectivity index (χ3v) is 2.29. The van der Waals surface area contributed by atoms with Gasteiger partial charge in [-0.15, -0.1) is 0 Å². The number of hydrogen-bond acceptors (Lipinski definition) is 3. The van der Waals surface area contributed by atoms with Crippen molar-refractivity contribution in [1.82, 2.24) is 5.32 Å². The molecular formula is C7H15N3O. The molecule has 1 rings (SSSR count). The van der Waals surface area contributed by atoms with Crippen molar-refractivity contribution >= 4 is 5.91 Å². The topological polar surface area (TPSA) is 81.1 Å². The van der Waals surface area contributed by atoms with Gasteiger partial charge in [0, 0.05) is 6.54 Å². The van der Waals surface area contributed by atoms with Crippen LogP contribution >= 0.6 is 0 Å². The second kappa shape index (κ2) is 3.69. The number of carbonyl (C=O) groups is 1. The number of carbonyl (C=O) groups excluding carboxylic acids is 1. The highest BCUT2D eigenvalue weighted by Crippen LogP contribution is 2.17. The van der Waals surface area contributed by atoms with Crippen molar-refractivity contribution in [2.75, 3.05) is 19.6 Å². The number of amides is 1. The van der Waals surface area contributed by atoms with Gasteiger partial charge in [0.2, 0.25) is 5.91 Å². The Kier molecular flexibility index (Phi) is 2.84. The molecule has 1 aliphatic rings. The molecule has 1 saturated heterocycles. The molecule has 2 unspecified atom stereocenters. The standard InChI is InChI=1S/C7H15N3O/c8-3-6(7(9)11)5-1-2-10-4-5/h5-6,10H,1-4,8H2,(H2,9,11). The predicted octanol–water partition coefficient (Wildman–Crippen LogP) is -1.34. The van der Waals surface area contributed by atoms with Crippen LogP contribution in [0, 0.1) is 11.8 Å². The van der Waals surface area contributed by atoms with Crippen molar-refractivity contribution in [3.63, 3.8) is 0 Å². The molecule has 1 fully saturated rings. The Morgan fingerprint density at radius 3 is 2.82 bits per heavy atom. The zero-order chi connectivity index (χ0) is 8.27. The first-order chi connectivity index (χ1) is 5.25. The van der Waals surface area contributed by atoms with E-state index in [0.717, 1.165) is 19.5 Å². The molecule has 0 aliphatic carbocycles. The molecule has 0 aromatic rings. The number of nitrogens with two attached hydrogens (primary N) is 2. The Morgan fingerprint density at radius 1 is 1.73 bits per heavy atom. The van der Waals surface area contributed by atoms with Crippen molar-refractivity contribution in [3.05, 3.63) is 0 Å². The van der Waals surface area contributed by atoms with Gasteiger partial charge in [0.25, 0.3) is 0 Å². The number of nitrogens with one attached hydrogen (secondary N) is 1. The van der Waals surface area contributed by atoms with Gasteiger partial charge < -0.3 is 16.8 Å². The van der Waals surface area contributed by atoms with Gasteiger partial charge in [0.1, 0.15) is 0 Å². The zero-order valence-corrected chi connectivity index (χ0v) is 6.55. The largest absolute Gasteiger partial charge is 0.369 e. The molecule has 64 valence electrons. The molecule has 11 heavy (non-hydrogen) atoms. The Hall–Kier alpha value is -0.610. The molecule has 1 amide bonds. The molecular weight excluding hydrogens is 142 g/mol. The number of hydrogen-bond donors (Lipinski definition) is 3. The summed E-state index contributed by atoms with van der Waals surface area (Å²) >= 11 is 0. The SMILES string of the molecule is NCC(C(N)=O)C1CCNC1. The Morgan fingerprint density at radius 2 is 2.45 bits per heavy atom. The summed E-state index contributed by atoms with van der Waals surface area (Å²) in [5.74, 6) is -0.0382. The number of rotatable bonds is 3. The highest BCUT2D eigenvalue weighted by Gasteiger charge is 2.27. The smallest absolute Gasteiger partial charge is 0.222 e. The van der Waals surface area contributed by atoms with E-state index in [2.05, 4.69) is 5.32 Å². The summed E-state index contributed by atoms with van der Waals surface area (Å²) in [4.78, 5) is 10.8. The monoisotopic (exact) mass is 157 g/mol. The molecule has 1 heterocycles. The first kappa shape index (κ1) is 8.49. The molecule has 0 aromatic carbocycles. The second-order valence-corrected chi connectivity index (χ2v) is 3.00. The van der Waals surface area contributed by atoms with E-state index in [1.165, 1.54) is 0 Å². The lowest BCUT2D eigenvalue weighted by molar-refractivity contribution is -0.122. The lowest BCUT2D eigenvalue weighted by Crippen LogP contribution is -2.36. The van der Waals surface area contributed by atoms with E-state index < -0.39 is 0 Å². The van der Waals surface area contributed by atoms with Gasteiger partial charge in [-0.1, -0.05) is 0 Å². The predicted molar refractivity (Wildman–Crippen MR) is 42.7 cm³/mol. The zero-order valence-electron chi connectivity index (χ0n) is 6.55. The average molecular weight is 157 g/mol. The van der Waals surface area contributed by atoms with Crippen molar-refractivity contribution in [3.8, 4) is 0 Å². The summed E-state index contributed by atoms with van der Waals surface area (Å²) in [7, 11) is 0. The highest BCUT2D eigenvalue weighted by atomic mass is 16.1. The molecule has 4 nitrogen and oxygen atoms in total. The lowest BCUT2D eigenvalue weighted by Gasteiger charge is -2.16. The fourth-order valence-corrected chi connectivity index (χ4v) is 1.56. The minimum Gasteiger partial charge on any atom is -0.369 e. The maximum absolute atomic E-state index is 10.8. The highest BCUT2D eigenvalue weighted by molar-refractivity contribution is 5.77. The first-order valence-electron chi connectivity index (χ1n) is 3.95. The van der Waals surface area contributed by atoms with E-state index in [4.69, 9.17) is 11.5 Å². The summed E-state index contributed by atoms with van der Waals surface area (Å²) in [6.07, 6.45) is 1.02. The van der Waals surface area contributed by atoms with Gasteiger partial charge in [0.05, 0.1) is 5.92 Å². The summed E-state index contributed by atoms with van der Waals surface area (Å²) in [6.45, 7) is 2.24. The van der Waals surface area contributed by atoms with Crippen molar-refractivity contribution in [1.29, 1.82) is 0 Å². The van der Waals surface area contributed by atoms with Crippen LogP contribution in [0.2, 0.25) is 0 Å². The Labute approximate surface area is 66.3 Å². The first-order valence-corrected chi connectivity index (χ1v) is 3.95. The minimum atomic E-state index is -0.263. The van der Waals surface area contributed by atoms with E-state index in [-0.39, 0.29) is 11.8 Å². The van der Waals surface area contributed by atoms with Crippen molar-refractivity contribution in [2.24, 2.45) is 23.3 Å². The van der Waals surface area contributed by atoms with Crippen molar-refractivity contribution < 1.29 is 4.79 Å². The van der Waals surface area contributed by atoms with Gasteiger partial charge in [-0.25, -0.2) is 0 Å². The summed E-state index contributed by atoms with van der Waals surface area (Å²) in [5, 5.41) is 3.18. The van der Waals surface area contributed by atoms with Crippen LogP contribution in [-0.4, -0.2) is 25.5 Å². The van der Waals surface area contributed by atoms with Gasteiger partial charge in [-0.05, 0) is 25.4 Å². The van der Waals surface area contributed by atoms with E-state index in [1.54, 1.807) is 0 Å². The van der Waals surface area contributed by atoms with Crippen LogP contribution < -0.4 is 16.8 Å². The second-order valence-electron chi connectivity index (χ2n) is 3.00. The fraction of sp³-hybridized carbons (Fsp3) is 0.857. The lowest BCUT2D eigenvalue weighted by atomic mass is 9.91. The van der Waals surface area contributed by atoms with Gasteiger partial charge in [0.15, 0.2) is 0 Å². The molecule has 0 aromatic heterocycles. The van der Waals surface area contributed by atoms with Crippen LogP contribution in [-0.2, 0) is 4.79 Å². The van der Waals surface area contributed by atoms with Gasteiger partial charge >= 0.3 is 0 Å². The molecule has 1 aliphatic heterocycles. The van der Waals surface area contributed by atoms with E-state index in [9.17, 15) is 4.79 Å². The quantitative estimate of drug-likeness (QED) is 0.474. The fourth-order valence-electron chi connectivity index (χ4n) is 1.56. The molecule has 4 heteroatoms. The average Bonchev–Trinajstić information content (AvgIpc) is 2.40. The molecule has 0 spiro atoms. The van der Waals surface area contributed by atoms with Crippen LogP contribution in [0.1, 0.15) is 6.42 Å². The van der Waals surface area contributed by atoms with Gasteiger partial charge in [-0.3, -0.25) is 4.79 Å². The maximum atomic E-state index is 10.8. The molecule has 0 saturated carbocycles. The van der Waals surface area contributed by atoms with Crippen LogP contribution in [0.4, 0.5) is 0 Å². The van der Waals surface area contributed by atoms with E-state index in [1.807, 2.05) is 0 Å².